The summed E-state index contributed by atoms with van der Waals surface area (Å²) in [5.74, 6) is 2.02. The zero-order valence-electron chi connectivity index (χ0n) is 12.8. The molecule has 0 radical (unpaired) electrons. The molecular formula is C18H17NO3. The van der Waals surface area contributed by atoms with Crippen molar-refractivity contribution < 1.29 is 14.2 Å². The van der Waals surface area contributed by atoms with Gasteiger partial charge in [-0.1, -0.05) is 18.2 Å². The largest absolute Gasteiger partial charge is 0.497 e. The third-order valence-electron chi connectivity index (χ3n) is 3.27. The molecule has 0 bridgehead atoms. The number of benzene rings is 2. The van der Waals surface area contributed by atoms with Gasteiger partial charge in [-0.2, -0.15) is 5.26 Å². The molecule has 0 N–H and O–H groups in total. The number of ether oxygens (including phenoxy) is 3. The molecule has 0 saturated carbocycles. The van der Waals surface area contributed by atoms with E-state index in [1.807, 2.05) is 36.4 Å². The normalized spacial score (nSPS) is 10.7. The lowest BCUT2D eigenvalue weighted by Crippen LogP contribution is -1.95. The zero-order chi connectivity index (χ0) is 15.9. The van der Waals surface area contributed by atoms with E-state index in [2.05, 4.69) is 6.07 Å². The molecule has 2 rings (SSSR count). The lowest BCUT2D eigenvalue weighted by atomic mass is 9.96. The number of methoxy groups -OCH3 is 3. The first-order chi connectivity index (χ1) is 10.7. The predicted molar refractivity (Wildman–Crippen MR) is 85.2 cm³/mol. The molecule has 0 aliphatic rings. The van der Waals surface area contributed by atoms with Crippen LogP contribution < -0.4 is 14.2 Å². The summed E-state index contributed by atoms with van der Waals surface area (Å²) in [6.45, 7) is 0. The van der Waals surface area contributed by atoms with Gasteiger partial charge in [0.25, 0.3) is 0 Å². The highest BCUT2D eigenvalue weighted by Gasteiger charge is 2.13. The SMILES string of the molecule is COc1cc(OC)cc(C(=CC#N)c2ccccc2OC)c1. The third-order valence-corrected chi connectivity index (χ3v) is 3.27. The molecule has 0 aromatic heterocycles. The van der Waals surface area contributed by atoms with Gasteiger partial charge in [-0.3, -0.25) is 0 Å². The highest BCUT2D eigenvalue weighted by molar-refractivity contribution is 5.85. The van der Waals surface area contributed by atoms with Gasteiger partial charge in [0.15, 0.2) is 0 Å². The quantitative estimate of drug-likeness (QED) is 0.790. The van der Waals surface area contributed by atoms with Crippen LogP contribution >= 0.6 is 0 Å². The summed E-state index contributed by atoms with van der Waals surface area (Å²) >= 11 is 0. The average Bonchev–Trinajstić information content (AvgIpc) is 2.59. The first-order valence-electron chi connectivity index (χ1n) is 6.70. The molecule has 4 nitrogen and oxygen atoms in total. The molecule has 0 spiro atoms. The van der Waals surface area contributed by atoms with Crippen molar-refractivity contribution in [1.29, 1.82) is 5.26 Å². The Labute approximate surface area is 130 Å². The summed E-state index contributed by atoms with van der Waals surface area (Å²) in [5.41, 5.74) is 2.40. The Morgan fingerprint density at radius 3 is 2.14 bits per heavy atom. The fourth-order valence-electron chi connectivity index (χ4n) is 2.21. The van der Waals surface area contributed by atoms with Crippen molar-refractivity contribution in [2.45, 2.75) is 0 Å². The molecule has 0 unspecified atom stereocenters. The zero-order valence-corrected chi connectivity index (χ0v) is 12.8. The highest BCUT2D eigenvalue weighted by atomic mass is 16.5. The minimum atomic E-state index is 0.660. The maximum absolute atomic E-state index is 9.15. The van der Waals surface area contributed by atoms with Crippen LogP contribution in [0.3, 0.4) is 0 Å². The second-order valence-electron chi connectivity index (χ2n) is 4.49. The molecule has 0 atom stereocenters. The lowest BCUT2D eigenvalue weighted by Gasteiger charge is -2.14. The standard InChI is InChI=1S/C18H17NO3/c1-20-14-10-13(11-15(12-14)21-2)16(8-9-19)17-6-4-5-7-18(17)22-3/h4-8,10-12H,1-3H3. The number of rotatable bonds is 5. The predicted octanol–water partition coefficient (Wildman–Crippen LogP) is 3.67. The van der Waals surface area contributed by atoms with Crippen LogP contribution in [0.2, 0.25) is 0 Å². The molecule has 0 amide bonds. The van der Waals surface area contributed by atoms with Gasteiger partial charge in [0.2, 0.25) is 0 Å². The van der Waals surface area contributed by atoms with E-state index in [1.165, 1.54) is 6.08 Å². The fraction of sp³-hybridized carbons (Fsp3) is 0.167. The molecule has 0 heterocycles. The van der Waals surface area contributed by atoms with Gasteiger partial charge in [0.05, 0.1) is 27.4 Å². The molecule has 0 fully saturated rings. The summed E-state index contributed by atoms with van der Waals surface area (Å²) in [5, 5.41) is 9.15. The molecular weight excluding hydrogens is 278 g/mol. The first kappa shape index (κ1) is 15.5. The fourth-order valence-corrected chi connectivity index (χ4v) is 2.21. The average molecular weight is 295 g/mol. The molecule has 0 aliphatic heterocycles. The van der Waals surface area contributed by atoms with E-state index in [0.29, 0.717) is 17.2 Å². The van der Waals surface area contributed by atoms with E-state index < -0.39 is 0 Å². The minimum Gasteiger partial charge on any atom is -0.497 e. The maximum atomic E-state index is 9.15. The van der Waals surface area contributed by atoms with E-state index in [9.17, 15) is 0 Å². The second-order valence-corrected chi connectivity index (χ2v) is 4.49. The number of hydrogen-bond donors (Lipinski definition) is 0. The van der Waals surface area contributed by atoms with Gasteiger partial charge < -0.3 is 14.2 Å². The van der Waals surface area contributed by atoms with Gasteiger partial charge in [-0.25, -0.2) is 0 Å². The molecule has 4 heteroatoms. The monoisotopic (exact) mass is 295 g/mol. The smallest absolute Gasteiger partial charge is 0.126 e. The Kier molecular flexibility index (Phi) is 5.05. The Balaban J connectivity index is 2.64. The van der Waals surface area contributed by atoms with Crippen LogP contribution in [0.5, 0.6) is 17.2 Å². The number of hydrogen-bond acceptors (Lipinski definition) is 4. The highest BCUT2D eigenvalue weighted by Crippen LogP contribution is 2.34. The van der Waals surface area contributed by atoms with Crippen molar-refractivity contribution in [2.24, 2.45) is 0 Å². The van der Waals surface area contributed by atoms with Crippen LogP contribution in [0, 0.1) is 11.3 Å². The summed E-state index contributed by atoms with van der Waals surface area (Å²) in [4.78, 5) is 0. The van der Waals surface area contributed by atoms with Crippen LogP contribution in [0.25, 0.3) is 5.57 Å². The minimum absolute atomic E-state index is 0.660. The number of allylic oxidation sites excluding steroid dienone is 1. The van der Waals surface area contributed by atoms with E-state index in [-0.39, 0.29) is 0 Å². The van der Waals surface area contributed by atoms with Crippen LogP contribution in [0.15, 0.2) is 48.5 Å². The summed E-state index contributed by atoms with van der Waals surface area (Å²) in [6.07, 6.45) is 1.49. The Hall–Kier alpha value is -2.93. The van der Waals surface area contributed by atoms with E-state index in [1.54, 1.807) is 27.4 Å². The molecule has 0 aliphatic carbocycles. The summed E-state index contributed by atoms with van der Waals surface area (Å²) in [7, 11) is 4.79. The van der Waals surface area contributed by atoms with Gasteiger partial charge >= 0.3 is 0 Å². The first-order valence-corrected chi connectivity index (χ1v) is 6.70. The van der Waals surface area contributed by atoms with Crippen LogP contribution in [-0.2, 0) is 0 Å². The van der Waals surface area contributed by atoms with E-state index >= 15 is 0 Å². The van der Waals surface area contributed by atoms with Gasteiger partial charge in [0, 0.05) is 23.3 Å². The third kappa shape index (κ3) is 3.21. The number of nitrogens with zero attached hydrogens (tertiary/aromatic N) is 1. The van der Waals surface area contributed by atoms with Gasteiger partial charge in [0.1, 0.15) is 17.2 Å². The van der Waals surface area contributed by atoms with Crippen molar-refractivity contribution in [1.82, 2.24) is 0 Å². The van der Waals surface area contributed by atoms with E-state index in [4.69, 9.17) is 19.5 Å². The van der Waals surface area contributed by atoms with Crippen LogP contribution in [0.4, 0.5) is 0 Å². The number of nitriles is 1. The van der Waals surface area contributed by atoms with Crippen molar-refractivity contribution in [3.63, 3.8) is 0 Å². The summed E-state index contributed by atoms with van der Waals surface area (Å²) in [6, 6.07) is 15.2. The van der Waals surface area contributed by atoms with Crippen LogP contribution in [0.1, 0.15) is 11.1 Å². The van der Waals surface area contributed by atoms with Crippen molar-refractivity contribution in [2.75, 3.05) is 21.3 Å². The van der Waals surface area contributed by atoms with Gasteiger partial charge in [-0.05, 0) is 23.8 Å². The molecule has 112 valence electrons. The lowest BCUT2D eigenvalue weighted by molar-refractivity contribution is 0.394. The van der Waals surface area contributed by atoms with Crippen molar-refractivity contribution in [3.8, 4) is 23.3 Å². The van der Waals surface area contributed by atoms with Crippen LogP contribution in [-0.4, -0.2) is 21.3 Å². The van der Waals surface area contributed by atoms with Crippen molar-refractivity contribution >= 4 is 5.57 Å². The Morgan fingerprint density at radius 2 is 1.59 bits per heavy atom. The Morgan fingerprint density at radius 1 is 0.955 bits per heavy atom. The summed E-state index contributed by atoms with van der Waals surface area (Å²) < 4.78 is 16.0. The van der Waals surface area contributed by atoms with Crippen molar-refractivity contribution in [3.05, 3.63) is 59.7 Å². The van der Waals surface area contributed by atoms with E-state index in [0.717, 1.165) is 16.7 Å². The Bertz CT molecular complexity index is 707. The second kappa shape index (κ2) is 7.19. The molecule has 0 saturated heterocycles. The van der Waals surface area contributed by atoms with Gasteiger partial charge in [-0.15, -0.1) is 0 Å². The topological polar surface area (TPSA) is 51.5 Å². The maximum Gasteiger partial charge on any atom is 0.126 e. The molecule has 2 aromatic rings. The molecule has 22 heavy (non-hydrogen) atoms. The number of para-hydroxylation sites is 1. The molecule has 2 aromatic carbocycles.